The highest BCUT2D eigenvalue weighted by atomic mass is 15.2. The molecule has 0 radical (unpaired) electrons. The van der Waals surface area contributed by atoms with Crippen molar-refractivity contribution in [2.24, 2.45) is 4.99 Å². The first-order chi connectivity index (χ1) is 17.3. The third-order valence-electron chi connectivity index (χ3n) is 7.97. The summed E-state index contributed by atoms with van der Waals surface area (Å²) in [5, 5.41) is 14.4. The standard InChI is InChI=1S/C28H33N7/c1-3-22(30-11-1)27-32-16-24(33-27)18-7-5-17(6-8-18)19-9-10-21-20(13-19)14-29-15-25-26(21)35-28(34-25)23-4-2-12-31-23/h5-10,13,22-24,29-31H,1-4,11-12,14-16H2,(H,32,33)(H,34,35)/t22-,23-,24?/m0/s1. The Morgan fingerprint density at radius 3 is 2.40 bits per heavy atom. The predicted octanol–water partition coefficient (Wildman–Crippen LogP) is 3.57. The Bertz CT molecular complexity index is 1250. The number of benzene rings is 2. The average Bonchev–Trinajstić information content (AvgIpc) is 3.70. The molecule has 5 N–H and O–H groups in total. The molecule has 180 valence electrons. The van der Waals surface area contributed by atoms with Crippen LogP contribution in [0.4, 0.5) is 0 Å². The summed E-state index contributed by atoms with van der Waals surface area (Å²) in [6.45, 7) is 4.67. The molecule has 0 aliphatic carbocycles. The molecule has 7 heteroatoms. The maximum absolute atomic E-state index is 5.05. The van der Waals surface area contributed by atoms with Gasteiger partial charge in [-0.15, -0.1) is 0 Å². The molecule has 0 spiro atoms. The smallest absolute Gasteiger partial charge is 0.124 e. The van der Waals surface area contributed by atoms with Crippen LogP contribution < -0.4 is 21.3 Å². The number of hydrogen-bond donors (Lipinski definition) is 5. The van der Waals surface area contributed by atoms with Gasteiger partial charge in [0, 0.05) is 18.7 Å². The maximum atomic E-state index is 5.05. The van der Waals surface area contributed by atoms with Crippen molar-refractivity contribution in [3.63, 3.8) is 0 Å². The summed E-state index contributed by atoms with van der Waals surface area (Å²) in [6, 6.07) is 16.9. The Hall–Kier alpha value is -3.00. The first kappa shape index (κ1) is 21.3. The zero-order valence-corrected chi connectivity index (χ0v) is 20.0. The summed E-state index contributed by atoms with van der Waals surface area (Å²) in [5.41, 5.74) is 8.65. The lowest BCUT2D eigenvalue weighted by atomic mass is 9.96. The van der Waals surface area contributed by atoms with Gasteiger partial charge in [0.25, 0.3) is 0 Å². The molecule has 7 nitrogen and oxygen atoms in total. The molecule has 5 heterocycles. The molecule has 2 saturated heterocycles. The second-order valence-corrected chi connectivity index (χ2v) is 10.3. The lowest BCUT2D eigenvalue weighted by Crippen LogP contribution is -2.38. The van der Waals surface area contributed by atoms with E-state index in [2.05, 4.69) is 68.7 Å². The van der Waals surface area contributed by atoms with Crippen LogP contribution in [-0.4, -0.2) is 41.5 Å². The van der Waals surface area contributed by atoms with Gasteiger partial charge in [0.15, 0.2) is 0 Å². The van der Waals surface area contributed by atoms with Gasteiger partial charge in [-0.3, -0.25) is 4.99 Å². The highest BCUT2D eigenvalue weighted by Gasteiger charge is 2.27. The number of fused-ring (bicyclic) bond motifs is 3. The molecule has 1 aromatic heterocycles. The number of hydrogen-bond acceptors (Lipinski definition) is 6. The Morgan fingerprint density at radius 2 is 1.60 bits per heavy atom. The first-order valence-corrected chi connectivity index (χ1v) is 13.1. The highest BCUT2D eigenvalue weighted by molar-refractivity contribution is 5.89. The van der Waals surface area contributed by atoms with Crippen molar-refractivity contribution >= 4 is 5.84 Å². The van der Waals surface area contributed by atoms with Crippen LogP contribution in [-0.2, 0) is 13.1 Å². The second kappa shape index (κ2) is 8.90. The van der Waals surface area contributed by atoms with Gasteiger partial charge in [-0.05, 0) is 67.1 Å². The van der Waals surface area contributed by atoms with Gasteiger partial charge in [-0.1, -0.05) is 36.4 Å². The number of aromatic nitrogens is 2. The number of nitrogens with zero attached hydrogens (tertiary/aromatic N) is 2. The fraction of sp³-hybridized carbons (Fsp3) is 0.429. The van der Waals surface area contributed by atoms with Gasteiger partial charge in [0.2, 0.25) is 0 Å². The third-order valence-corrected chi connectivity index (χ3v) is 7.97. The number of imidazole rings is 1. The number of H-pyrrole nitrogens is 1. The predicted molar refractivity (Wildman–Crippen MR) is 139 cm³/mol. The molecular formula is C28H33N7. The Labute approximate surface area is 206 Å². The normalized spacial score (nSPS) is 25.6. The van der Waals surface area contributed by atoms with E-state index in [0.717, 1.165) is 56.5 Å². The van der Waals surface area contributed by atoms with Crippen molar-refractivity contribution < 1.29 is 0 Å². The average molecular weight is 468 g/mol. The number of nitrogens with one attached hydrogen (secondary N) is 5. The van der Waals surface area contributed by atoms with E-state index in [0.29, 0.717) is 12.1 Å². The number of aromatic amines is 1. The fourth-order valence-corrected chi connectivity index (χ4v) is 6.02. The Morgan fingerprint density at radius 1 is 0.800 bits per heavy atom. The number of aliphatic imine (C=N–C) groups is 1. The zero-order chi connectivity index (χ0) is 23.2. The topological polar surface area (TPSA) is 89.2 Å². The molecule has 4 aliphatic heterocycles. The molecule has 7 rings (SSSR count). The quantitative estimate of drug-likeness (QED) is 0.405. The van der Waals surface area contributed by atoms with Crippen molar-refractivity contribution in [1.29, 1.82) is 0 Å². The number of amidine groups is 1. The van der Waals surface area contributed by atoms with Crippen molar-refractivity contribution in [2.75, 3.05) is 19.6 Å². The van der Waals surface area contributed by atoms with E-state index in [1.807, 2.05) is 0 Å². The van der Waals surface area contributed by atoms with Crippen LogP contribution in [0.25, 0.3) is 22.4 Å². The van der Waals surface area contributed by atoms with E-state index < -0.39 is 0 Å². The summed E-state index contributed by atoms with van der Waals surface area (Å²) in [6.07, 6.45) is 4.79. The van der Waals surface area contributed by atoms with Crippen LogP contribution in [0.15, 0.2) is 47.5 Å². The van der Waals surface area contributed by atoms with E-state index in [1.54, 1.807) is 0 Å². The summed E-state index contributed by atoms with van der Waals surface area (Å²) in [7, 11) is 0. The van der Waals surface area contributed by atoms with Gasteiger partial charge in [-0.2, -0.15) is 0 Å². The molecule has 2 fully saturated rings. The SMILES string of the molecule is c1cc(C2CN=C([C@@H]3CCCN3)N2)ccc1-c1ccc2c(c1)CNCc1[nH]c([C@@H]3CCCN3)nc1-2. The lowest BCUT2D eigenvalue weighted by molar-refractivity contribution is 0.607. The summed E-state index contributed by atoms with van der Waals surface area (Å²) in [5.74, 6) is 2.22. The van der Waals surface area contributed by atoms with E-state index in [4.69, 9.17) is 9.98 Å². The van der Waals surface area contributed by atoms with Crippen LogP contribution in [0.1, 0.15) is 60.4 Å². The molecule has 1 unspecified atom stereocenters. The van der Waals surface area contributed by atoms with E-state index in [-0.39, 0.29) is 6.04 Å². The zero-order valence-electron chi connectivity index (χ0n) is 20.0. The van der Waals surface area contributed by atoms with E-state index >= 15 is 0 Å². The van der Waals surface area contributed by atoms with E-state index in [9.17, 15) is 0 Å². The molecule has 35 heavy (non-hydrogen) atoms. The van der Waals surface area contributed by atoms with Crippen LogP contribution >= 0.6 is 0 Å². The minimum Gasteiger partial charge on any atom is -0.364 e. The maximum Gasteiger partial charge on any atom is 0.124 e. The van der Waals surface area contributed by atoms with Gasteiger partial charge in [0.05, 0.1) is 36.1 Å². The molecule has 3 aromatic rings. The van der Waals surface area contributed by atoms with Crippen molar-refractivity contribution in [3.8, 4) is 22.4 Å². The summed E-state index contributed by atoms with van der Waals surface area (Å²) >= 11 is 0. The second-order valence-electron chi connectivity index (χ2n) is 10.3. The number of rotatable bonds is 4. The minimum absolute atomic E-state index is 0.277. The molecule has 2 aromatic carbocycles. The molecule has 4 aliphatic rings. The first-order valence-electron chi connectivity index (χ1n) is 13.1. The molecule has 3 atom stereocenters. The summed E-state index contributed by atoms with van der Waals surface area (Å²) < 4.78 is 0. The van der Waals surface area contributed by atoms with Crippen LogP contribution in [0.2, 0.25) is 0 Å². The van der Waals surface area contributed by atoms with E-state index in [1.165, 1.54) is 52.8 Å². The van der Waals surface area contributed by atoms with Gasteiger partial charge in [-0.25, -0.2) is 4.98 Å². The van der Waals surface area contributed by atoms with Crippen LogP contribution in [0.3, 0.4) is 0 Å². The molecular weight excluding hydrogens is 434 g/mol. The van der Waals surface area contributed by atoms with Gasteiger partial charge in [0.1, 0.15) is 11.7 Å². The Kier molecular flexibility index (Phi) is 5.41. The minimum atomic E-state index is 0.277. The lowest BCUT2D eigenvalue weighted by Gasteiger charge is -2.16. The van der Waals surface area contributed by atoms with Crippen LogP contribution in [0.5, 0.6) is 0 Å². The van der Waals surface area contributed by atoms with Crippen LogP contribution in [0, 0.1) is 0 Å². The van der Waals surface area contributed by atoms with Crippen molar-refractivity contribution in [3.05, 3.63) is 65.1 Å². The van der Waals surface area contributed by atoms with Gasteiger partial charge >= 0.3 is 0 Å². The van der Waals surface area contributed by atoms with Crippen molar-refractivity contribution in [1.82, 2.24) is 31.2 Å². The third kappa shape index (κ3) is 3.97. The monoisotopic (exact) mass is 467 g/mol. The Balaban J connectivity index is 1.11. The molecule has 0 saturated carbocycles. The largest absolute Gasteiger partial charge is 0.364 e. The van der Waals surface area contributed by atoms with Gasteiger partial charge < -0.3 is 26.3 Å². The fourth-order valence-electron chi connectivity index (χ4n) is 6.02. The summed E-state index contributed by atoms with van der Waals surface area (Å²) in [4.78, 5) is 13.4. The molecule has 0 amide bonds. The molecule has 0 bridgehead atoms. The van der Waals surface area contributed by atoms with Crippen molar-refractivity contribution in [2.45, 2.75) is 56.9 Å². The highest BCUT2D eigenvalue weighted by Crippen LogP contribution is 2.34.